The average Bonchev–Trinajstić information content (AvgIpc) is 2.66. The van der Waals surface area contributed by atoms with E-state index in [2.05, 4.69) is 39.1 Å². The maximum atomic E-state index is 9.04. The fourth-order valence-electron chi connectivity index (χ4n) is 2.53. The van der Waals surface area contributed by atoms with Crippen LogP contribution in [0.15, 0.2) is 6.07 Å². The van der Waals surface area contributed by atoms with E-state index in [9.17, 15) is 0 Å². The van der Waals surface area contributed by atoms with Gasteiger partial charge in [0.05, 0.1) is 0 Å². The molecule has 0 saturated heterocycles. The Morgan fingerprint density at radius 1 is 1.35 bits per heavy atom. The first kappa shape index (κ1) is 16.8. The van der Waals surface area contributed by atoms with E-state index in [0.717, 1.165) is 18.8 Å². The van der Waals surface area contributed by atoms with Crippen LogP contribution in [-0.4, -0.2) is 11.1 Å². The number of rotatable bonds is 8. The van der Waals surface area contributed by atoms with Crippen LogP contribution in [0.5, 0.6) is 0 Å². The molecule has 0 aliphatic heterocycles. The van der Waals surface area contributed by atoms with E-state index < -0.39 is 0 Å². The molecule has 0 aliphatic rings. The van der Waals surface area contributed by atoms with Crippen LogP contribution in [0, 0.1) is 23.7 Å². The zero-order valence-corrected chi connectivity index (χ0v) is 13.7. The summed E-state index contributed by atoms with van der Waals surface area (Å²) in [6.45, 7) is 10.8. The van der Waals surface area contributed by atoms with Crippen molar-refractivity contribution in [3.63, 3.8) is 0 Å². The third-order valence-electron chi connectivity index (χ3n) is 4.13. The van der Waals surface area contributed by atoms with Crippen LogP contribution >= 0.6 is 0 Å². The van der Waals surface area contributed by atoms with Gasteiger partial charge in [0.15, 0.2) is 0 Å². The van der Waals surface area contributed by atoms with Gasteiger partial charge in [0.25, 0.3) is 0 Å². The first-order valence-electron chi connectivity index (χ1n) is 7.67. The Hall–Kier alpha value is -1.27. The summed E-state index contributed by atoms with van der Waals surface area (Å²) in [5.74, 6) is 0. The van der Waals surface area contributed by atoms with E-state index in [4.69, 9.17) is 5.26 Å². The Labute approximate surface area is 124 Å². The molecule has 1 rings (SSSR count). The number of nitrogens with one attached hydrogen (secondary N) is 1. The van der Waals surface area contributed by atoms with Gasteiger partial charge in [-0.15, -0.1) is 0 Å². The first-order chi connectivity index (χ1) is 9.41. The second-order valence-corrected chi connectivity index (χ2v) is 6.54. The highest BCUT2D eigenvalue weighted by atomic mass is 15.0. The van der Waals surface area contributed by atoms with E-state index in [-0.39, 0.29) is 0 Å². The summed E-state index contributed by atoms with van der Waals surface area (Å²) in [4.78, 5) is 0. The second kappa shape index (κ2) is 7.50. The van der Waals surface area contributed by atoms with Crippen molar-refractivity contribution < 1.29 is 0 Å². The van der Waals surface area contributed by atoms with Crippen LogP contribution in [-0.2, 0) is 13.6 Å². The number of unbranched alkanes of at least 4 members (excludes halogenated alkanes) is 2. The zero-order valence-electron chi connectivity index (χ0n) is 13.7. The van der Waals surface area contributed by atoms with E-state index in [1.165, 1.54) is 36.9 Å². The van der Waals surface area contributed by atoms with Gasteiger partial charge in [-0.05, 0) is 30.4 Å². The molecule has 0 unspecified atom stereocenters. The van der Waals surface area contributed by atoms with Crippen molar-refractivity contribution in [2.24, 2.45) is 12.5 Å². The van der Waals surface area contributed by atoms with Crippen molar-refractivity contribution in [3.05, 3.63) is 23.0 Å². The predicted molar refractivity (Wildman–Crippen MR) is 84.5 cm³/mol. The van der Waals surface area contributed by atoms with Crippen LogP contribution in [0.2, 0.25) is 0 Å². The molecule has 1 aromatic heterocycles. The zero-order chi connectivity index (χ0) is 15.2. The lowest BCUT2D eigenvalue weighted by molar-refractivity contribution is 0.302. The molecule has 0 aliphatic carbocycles. The Morgan fingerprint density at radius 2 is 2.05 bits per heavy atom. The Morgan fingerprint density at radius 3 is 2.60 bits per heavy atom. The highest BCUT2D eigenvalue weighted by Crippen LogP contribution is 2.23. The number of aromatic nitrogens is 1. The van der Waals surface area contributed by atoms with Crippen LogP contribution in [0.4, 0.5) is 0 Å². The predicted octanol–water partition coefficient (Wildman–Crippen LogP) is 3.90. The van der Waals surface area contributed by atoms with E-state index >= 15 is 0 Å². The van der Waals surface area contributed by atoms with Crippen molar-refractivity contribution >= 4 is 0 Å². The summed E-state index contributed by atoms with van der Waals surface area (Å²) in [7, 11) is 1.95. The maximum Gasteiger partial charge on any atom is 0.120 e. The monoisotopic (exact) mass is 275 g/mol. The Kier molecular flexibility index (Phi) is 6.29. The SMILES string of the molecule is CCCCCC(C)(C)CNCc1cc(C#N)n(C)c1C. The quantitative estimate of drug-likeness (QED) is 0.731. The van der Waals surface area contributed by atoms with Gasteiger partial charge in [0.2, 0.25) is 0 Å². The van der Waals surface area contributed by atoms with Gasteiger partial charge in [-0.2, -0.15) is 5.26 Å². The van der Waals surface area contributed by atoms with Gasteiger partial charge in [0.1, 0.15) is 11.8 Å². The minimum atomic E-state index is 0.343. The summed E-state index contributed by atoms with van der Waals surface area (Å²) >= 11 is 0. The molecule has 112 valence electrons. The number of nitrogens with zero attached hydrogens (tertiary/aromatic N) is 2. The van der Waals surface area contributed by atoms with Crippen LogP contribution in [0.25, 0.3) is 0 Å². The largest absolute Gasteiger partial charge is 0.340 e. The molecule has 1 heterocycles. The topological polar surface area (TPSA) is 40.8 Å². The number of hydrogen-bond donors (Lipinski definition) is 1. The standard InChI is InChI=1S/C17H29N3/c1-6-7-8-9-17(3,4)13-19-12-15-10-16(11-18)20(5)14(15)2/h10,19H,6-9,12-13H2,1-5H3. The highest BCUT2D eigenvalue weighted by molar-refractivity contribution is 5.34. The molecule has 20 heavy (non-hydrogen) atoms. The van der Waals surface area contributed by atoms with Crippen molar-refractivity contribution in [3.8, 4) is 6.07 Å². The van der Waals surface area contributed by atoms with Crippen molar-refractivity contribution in [2.45, 2.75) is 59.9 Å². The smallest absolute Gasteiger partial charge is 0.120 e. The summed E-state index contributed by atoms with van der Waals surface area (Å²) < 4.78 is 1.96. The molecule has 0 bridgehead atoms. The lowest BCUT2D eigenvalue weighted by Crippen LogP contribution is -2.29. The molecule has 0 saturated carbocycles. The summed E-state index contributed by atoms with van der Waals surface area (Å²) in [6.07, 6.45) is 5.19. The Bertz CT molecular complexity index is 463. The van der Waals surface area contributed by atoms with Gasteiger partial charge in [-0.3, -0.25) is 0 Å². The van der Waals surface area contributed by atoms with Crippen molar-refractivity contribution in [2.75, 3.05) is 6.54 Å². The summed E-state index contributed by atoms with van der Waals surface area (Å²) in [5, 5.41) is 12.6. The van der Waals surface area contributed by atoms with Crippen molar-refractivity contribution in [1.82, 2.24) is 9.88 Å². The molecular weight excluding hydrogens is 246 g/mol. The van der Waals surface area contributed by atoms with Gasteiger partial charge >= 0.3 is 0 Å². The molecule has 0 amide bonds. The third kappa shape index (κ3) is 4.68. The highest BCUT2D eigenvalue weighted by Gasteiger charge is 2.17. The second-order valence-electron chi connectivity index (χ2n) is 6.54. The van der Waals surface area contributed by atoms with Gasteiger partial charge in [-0.1, -0.05) is 40.0 Å². The lowest BCUT2D eigenvalue weighted by atomic mass is 9.87. The minimum Gasteiger partial charge on any atom is -0.340 e. The molecule has 1 N–H and O–H groups in total. The molecular formula is C17H29N3. The maximum absolute atomic E-state index is 9.04. The lowest BCUT2D eigenvalue weighted by Gasteiger charge is -2.25. The summed E-state index contributed by atoms with van der Waals surface area (Å²) in [5.41, 5.74) is 3.49. The van der Waals surface area contributed by atoms with Crippen LogP contribution in [0.3, 0.4) is 0 Å². The summed E-state index contributed by atoms with van der Waals surface area (Å²) in [6, 6.07) is 4.23. The fraction of sp³-hybridized carbons (Fsp3) is 0.706. The molecule has 0 radical (unpaired) electrons. The van der Waals surface area contributed by atoms with Crippen LogP contribution in [0.1, 0.15) is 63.4 Å². The molecule has 0 fully saturated rings. The normalized spacial score (nSPS) is 11.6. The molecule has 0 spiro atoms. The van der Waals surface area contributed by atoms with E-state index in [1.807, 2.05) is 17.7 Å². The molecule has 3 heteroatoms. The number of hydrogen-bond acceptors (Lipinski definition) is 2. The van der Waals surface area contributed by atoms with Crippen LogP contribution < -0.4 is 5.32 Å². The van der Waals surface area contributed by atoms with Gasteiger partial charge in [-0.25, -0.2) is 0 Å². The first-order valence-corrected chi connectivity index (χ1v) is 7.67. The average molecular weight is 275 g/mol. The van der Waals surface area contributed by atoms with Crippen molar-refractivity contribution in [1.29, 1.82) is 5.26 Å². The Balaban J connectivity index is 2.46. The third-order valence-corrected chi connectivity index (χ3v) is 4.13. The molecule has 1 aromatic rings. The fourth-order valence-corrected chi connectivity index (χ4v) is 2.53. The van der Waals surface area contributed by atoms with Gasteiger partial charge < -0.3 is 9.88 Å². The number of nitriles is 1. The molecule has 3 nitrogen and oxygen atoms in total. The van der Waals surface area contributed by atoms with Gasteiger partial charge in [0, 0.05) is 25.8 Å². The molecule has 0 atom stereocenters. The molecule has 0 aromatic carbocycles. The minimum absolute atomic E-state index is 0.343. The van der Waals surface area contributed by atoms with E-state index in [1.54, 1.807) is 0 Å². The van der Waals surface area contributed by atoms with E-state index in [0.29, 0.717) is 5.41 Å².